The molecule has 1 aliphatic carbocycles. The Labute approximate surface area is 110 Å². The number of aromatic nitrogens is 2. The summed E-state index contributed by atoms with van der Waals surface area (Å²) in [6, 6.07) is 10.2. The number of rotatable bonds is 2. The topological polar surface area (TPSA) is 49.6 Å². The standard InChI is InChI=1S/C14H11N3S/c15-9-12-6-7-16-14(17-12)18-13-5-4-10-2-1-3-11(10)8-13/h4-8H,1-3H2. The van der Waals surface area contributed by atoms with Crippen molar-refractivity contribution in [3.8, 4) is 6.07 Å². The second-order valence-corrected chi connectivity index (χ2v) is 5.26. The highest BCUT2D eigenvalue weighted by Crippen LogP contribution is 2.30. The Hall–Kier alpha value is -1.86. The molecular weight excluding hydrogens is 242 g/mol. The maximum absolute atomic E-state index is 8.81. The fourth-order valence-corrected chi connectivity index (χ4v) is 2.97. The molecule has 0 saturated heterocycles. The lowest BCUT2D eigenvalue weighted by atomic mass is 10.1. The second-order valence-electron chi connectivity index (χ2n) is 4.22. The monoisotopic (exact) mass is 253 g/mol. The molecule has 1 aromatic heterocycles. The van der Waals surface area contributed by atoms with Crippen molar-refractivity contribution in [3.05, 3.63) is 47.3 Å². The zero-order chi connectivity index (χ0) is 12.4. The van der Waals surface area contributed by atoms with Gasteiger partial charge in [0.15, 0.2) is 5.16 Å². The van der Waals surface area contributed by atoms with Crippen molar-refractivity contribution >= 4 is 11.8 Å². The van der Waals surface area contributed by atoms with Crippen molar-refractivity contribution in [1.29, 1.82) is 5.26 Å². The van der Waals surface area contributed by atoms with Crippen LogP contribution in [0.15, 0.2) is 40.5 Å². The molecule has 0 amide bonds. The third kappa shape index (κ3) is 2.22. The highest BCUT2D eigenvalue weighted by molar-refractivity contribution is 7.99. The Bertz CT molecular complexity index is 631. The molecule has 0 bridgehead atoms. The summed E-state index contributed by atoms with van der Waals surface area (Å²) in [4.78, 5) is 9.49. The van der Waals surface area contributed by atoms with Crippen LogP contribution in [0.3, 0.4) is 0 Å². The Kier molecular flexibility index (Phi) is 2.99. The Morgan fingerprint density at radius 3 is 2.94 bits per heavy atom. The largest absolute Gasteiger partial charge is 0.231 e. The van der Waals surface area contributed by atoms with Crippen LogP contribution in [-0.2, 0) is 12.8 Å². The van der Waals surface area contributed by atoms with Crippen molar-refractivity contribution in [3.63, 3.8) is 0 Å². The number of hydrogen-bond acceptors (Lipinski definition) is 4. The molecular formula is C14H11N3S. The fourth-order valence-electron chi connectivity index (χ4n) is 2.17. The van der Waals surface area contributed by atoms with E-state index in [9.17, 15) is 0 Å². The Balaban J connectivity index is 1.86. The van der Waals surface area contributed by atoms with Crippen LogP contribution in [-0.4, -0.2) is 9.97 Å². The van der Waals surface area contributed by atoms with Gasteiger partial charge in [0, 0.05) is 11.1 Å². The van der Waals surface area contributed by atoms with E-state index in [0.717, 1.165) is 4.90 Å². The van der Waals surface area contributed by atoms with E-state index in [4.69, 9.17) is 5.26 Å². The van der Waals surface area contributed by atoms with Gasteiger partial charge in [0.2, 0.25) is 0 Å². The van der Waals surface area contributed by atoms with Gasteiger partial charge in [0.1, 0.15) is 11.8 Å². The van der Waals surface area contributed by atoms with Gasteiger partial charge in [0.05, 0.1) is 0 Å². The first-order valence-corrected chi connectivity index (χ1v) is 6.69. The lowest BCUT2D eigenvalue weighted by molar-refractivity contribution is 0.911. The van der Waals surface area contributed by atoms with Crippen LogP contribution < -0.4 is 0 Å². The first-order valence-electron chi connectivity index (χ1n) is 5.88. The number of nitriles is 1. The third-order valence-electron chi connectivity index (χ3n) is 3.03. The molecule has 0 saturated carbocycles. The predicted molar refractivity (Wildman–Crippen MR) is 69.3 cm³/mol. The van der Waals surface area contributed by atoms with Crippen molar-refractivity contribution in [2.75, 3.05) is 0 Å². The van der Waals surface area contributed by atoms with Gasteiger partial charge < -0.3 is 0 Å². The van der Waals surface area contributed by atoms with Gasteiger partial charge in [-0.2, -0.15) is 5.26 Å². The first-order chi connectivity index (χ1) is 8.85. The van der Waals surface area contributed by atoms with Gasteiger partial charge in [-0.3, -0.25) is 0 Å². The molecule has 2 aromatic rings. The molecule has 1 aliphatic rings. The average molecular weight is 253 g/mol. The number of benzene rings is 1. The molecule has 0 radical (unpaired) electrons. The summed E-state index contributed by atoms with van der Waals surface area (Å²) in [5.41, 5.74) is 3.32. The number of aryl methyl sites for hydroxylation is 2. The predicted octanol–water partition coefficient (Wildman–Crippen LogP) is 2.99. The number of fused-ring (bicyclic) bond motifs is 1. The molecule has 0 atom stereocenters. The van der Waals surface area contributed by atoms with Gasteiger partial charge >= 0.3 is 0 Å². The van der Waals surface area contributed by atoms with E-state index in [1.165, 1.54) is 42.2 Å². The zero-order valence-corrected chi connectivity index (χ0v) is 10.6. The molecule has 88 valence electrons. The summed E-state index contributed by atoms with van der Waals surface area (Å²) in [5, 5.41) is 9.44. The van der Waals surface area contributed by atoms with E-state index in [0.29, 0.717) is 10.9 Å². The first kappa shape index (κ1) is 11.2. The molecule has 18 heavy (non-hydrogen) atoms. The van der Waals surface area contributed by atoms with Crippen LogP contribution >= 0.6 is 11.8 Å². The van der Waals surface area contributed by atoms with Crippen LogP contribution in [0, 0.1) is 11.3 Å². The molecule has 4 heteroatoms. The lowest BCUT2D eigenvalue weighted by Crippen LogP contribution is -1.89. The van der Waals surface area contributed by atoms with Crippen LogP contribution in [0.25, 0.3) is 0 Å². The van der Waals surface area contributed by atoms with Crippen LogP contribution in [0.4, 0.5) is 0 Å². The van der Waals surface area contributed by atoms with Crippen LogP contribution in [0.1, 0.15) is 23.2 Å². The van der Waals surface area contributed by atoms with E-state index in [-0.39, 0.29) is 0 Å². The Morgan fingerprint density at radius 1 is 1.17 bits per heavy atom. The van der Waals surface area contributed by atoms with Gasteiger partial charge in [-0.25, -0.2) is 9.97 Å². The van der Waals surface area contributed by atoms with E-state index in [1.807, 2.05) is 6.07 Å². The third-order valence-corrected chi connectivity index (χ3v) is 3.90. The Morgan fingerprint density at radius 2 is 2.06 bits per heavy atom. The van der Waals surface area contributed by atoms with Crippen molar-refractivity contribution in [2.24, 2.45) is 0 Å². The summed E-state index contributed by atoms with van der Waals surface area (Å²) < 4.78 is 0. The van der Waals surface area contributed by atoms with E-state index < -0.39 is 0 Å². The lowest BCUT2D eigenvalue weighted by Gasteiger charge is -2.03. The SMILES string of the molecule is N#Cc1ccnc(Sc2ccc3c(c2)CCC3)n1. The molecule has 0 aliphatic heterocycles. The number of nitrogens with zero attached hydrogens (tertiary/aromatic N) is 3. The van der Waals surface area contributed by atoms with Crippen molar-refractivity contribution < 1.29 is 0 Å². The summed E-state index contributed by atoms with van der Waals surface area (Å²) in [6.45, 7) is 0. The second kappa shape index (κ2) is 4.79. The van der Waals surface area contributed by atoms with Gasteiger partial charge in [-0.1, -0.05) is 6.07 Å². The maximum Gasteiger partial charge on any atom is 0.193 e. The summed E-state index contributed by atoms with van der Waals surface area (Å²) >= 11 is 1.51. The van der Waals surface area contributed by atoms with Crippen LogP contribution in [0.5, 0.6) is 0 Å². The van der Waals surface area contributed by atoms with Crippen molar-refractivity contribution in [1.82, 2.24) is 9.97 Å². The van der Waals surface area contributed by atoms with E-state index in [2.05, 4.69) is 28.2 Å². The smallest absolute Gasteiger partial charge is 0.193 e. The molecule has 0 spiro atoms. The minimum Gasteiger partial charge on any atom is -0.231 e. The van der Waals surface area contributed by atoms with Gasteiger partial charge in [-0.05, 0) is 60.4 Å². The van der Waals surface area contributed by atoms with Crippen LogP contribution in [0.2, 0.25) is 0 Å². The van der Waals surface area contributed by atoms with Gasteiger partial charge in [0.25, 0.3) is 0 Å². The molecule has 0 N–H and O–H groups in total. The summed E-state index contributed by atoms with van der Waals surface area (Å²) in [7, 11) is 0. The molecule has 1 heterocycles. The zero-order valence-electron chi connectivity index (χ0n) is 9.76. The molecule has 0 fully saturated rings. The number of hydrogen-bond donors (Lipinski definition) is 0. The fraction of sp³-hybridized carbons (Fsp3) is 0.214. The average Bonchev–Trinajstić information content (AvgIpc) is 2.86. The van der Waals surface area contributed by atoms with E-state index >= 15 is 0 Å². The minimum atomic E-state index is 0.411. The normalized spacial score (nSPS) is 13.1. The molecule has 1 aromatic carbocycles. The summed E-state index contributed by atoms with van der Waals surface area (Å²) in [6.07, 6.45) is 5.24. The highest BCUT2D eigenvalue weighted by atomic mass is 32.2. The van der Waals surface area contributed by atoms with Gasteiger partial charge in [-0.15, -0.1) is 0 Å². The minimum absolute atomic E-state index is 0.411. The van der Waals surface area contributed by atoms with Crippen molar-refractivity contribution in [2.45, 2.75) is 29.3 Å². The quantitative estimate of drug-likeness (QED) is 0.772. The maximum atomic E-state index is 8.81. The summed E-state index contributed by atoms with van der Waals surface area (Å²) in [5.74, 6) is 0. The molecule has 0 unspecified atom stereocenters. The molecule has 3 nitrogen and oxygen atoms in total. The molecule has 3 rings (SSSR count). The highest BCUT2D eigenvalue weighted by Gasteiger charge is 2.11. The van der Waals surface area contributed by atoms with E-state index in [1.54, 1.807) is 12.3 Å².